The minimum absolute atomic E-state index is 0.120. The molecule has 0 unspecified atom stereocenters. The van der Waals surface area contributed by atoms with Gasteiger partial charge in [0.05, 0.1) is 14.2 Å². The molecule has 0 aliphatic heterocycles. The number of hydrogen-bond donors (Lipinski definition) is 0. The number of esters is 2. The van der Waals surface area contributed by atoms with Crippen LogP contribution in [-0.2, 0) is 19.1 Å². The lowest BCUT2D eigenvalue weighted by Crippen LogP contribution is -2.00. The Hall–Kier alpha value is -0.710. The largest absolute Gasteiger partial charge is 0.469 e. The van der Waals surface area contributed by atoms with E-state index in [1.165, 1.54) is 14.2 Å². The molecule has 4 nitrogen and oxygen atoms in total. The first-order valence-electron chi connectivity index (χ1n) is 6.42. The maximum absolute atomic E-state index is 10.8. The van der Waals surface area contributed by atoms with Crippen molar-refractivity contribution in [2.45, 2.75) is 44.9 Å². The van der Waals surface area contributed by atoms with Crippen molar-refractivity contribution in [2.75, 3.05) is 25.7 Å². The van der Waals surface area contributed by atoms with Crippen LogP contribution in [0, 0.1) is 0 Å². The molecule has 0 rings (SSSR count). The van der Waals surface area contributed by atoms with Crippen LogP contribution >= 0.6 is 11.8 Å². The molecule has 0 aliphatic carbocycles. The van der Waals surface area contributed by atoms with Gasteiger partial charge < -0.3 is 9.47 Å². The first kappa shape index (κ1) is 17.3. The molecule has 0 saturated carbocycles. The van der Waals surface area contributed by atoms with Gasteiger partial charge in [-0.15, -0.1) is 0 Å². The second-order valence-corrected chi connectivity index (χ2v) is 5.26. The number of hydrogen-bond acceptors (Lipinski definition) is 5. The first-order valence-corrected chi connectivity index (χ1v) is 7.57. The van der Waals surface area contributed by atoms with E-state index in [0.717, 1.165) is 43.6 Å². The smallest absolute Gasteiger partial charge is 0.305 e. The lowest BCUT2D eigenvalue weighted by molar-refractivity contribution is -0.141. The van der Waals surface area contributed by atoms with Gasteiger partial charge in [0, 0.05) is 12.8 Å². The molecule has 106 valence electrons. The summed E-state index contributed by atoms with van der Waals surface area (Å²) < 4.78 is 9.14. The molecule has 0 aromatic carbocycles. The molecule has 18 heavy (non-hydrogen) atoms. The van der Waals surface area contributed by atoms with Crippen LogP contribution in [0.2, 0.25) is 0 Å². The van der Waals surface area contributed by atoms with Gasteiger partial charge in [0.2, 0.25) is 0 Å². The SMILES string of the molecule is COC(=O)CCCCCSCCCCC(=O)OC. The maximum atomic E-state index is 10.8. The zero-order valence-electron chi connectivity index (χ0n) is 11.4. The zero-order chi connectivity index (χ0) is 13.6. The Balaban J connectivity index is 3.07. The summed E-state index contributed by atoms with van der Waals surface area (Å²) in [5.74, 6) is 1.97. The fraction of sp³-hybridized carbons (Fsp3) is 0.846. The van der Waals surface area contributed by atoms with E-state index in [4.69, 9.17) is 0 Å². The van der Waals surface area contributed by atoms with Crippen LogP contribution in [0.15, 0.2) is 0 Å². The third-order valence-corrected chi connectivity index (χ3v) is 3.70. The van der Waals surface area contributed by atoms with Crippen LogP contribution in [0.5, 0.6) is 0 Å². The summed E-state index contributed by atoms with van der Waals surface area (Å²) in [4.78, 5) is 21.7. The molecule has 0 aromatic heterocycles. The number of carbonyl (C=O) groups excluding carboxylic acids is 2. The minimum Gasteiger partial charge on any atom is -0.469 e. The number of carbonyl (C=O) groups is 2. The van der Waals surface area contributed by atoms with Crippen molar-refractivity contribution >= 4 is 23.7 Å². The molecule has 0 amide bonds. The third kappa shape index (κ3) is 11.8. The van der Waals surface area contributed by atoms with Crippen molar-refractivity contribution in [2.24, 2.45) is 0 Å². The van der Waals surface area contributed by atoms with E-state index in [1.54, 1.807) is 0 Å². The highest BCUT2D eigenvalue weighted by Crippen LogP contribution is 2.11. The van der Waals surface area contributed by atoms with Gasteiger partial charge in [-0.05, 0) is 37.2 Å². The normalized spacial score (nSPS) is 10.1. The molecule has 0 aromatic rings. The van der Waals surface area contributed by atoms with Crippen molar-refractivity contribution in [1.82, 2.24) is 0 Å². The summed E-state index contributed by atoms with van der Waals surface area (Å²) in [5, 5.41) is 0. The Kier molecular flexibility index (Phi) is 12.2. The fourth-order valence-electron chi connectivity index (χ4n) is 1.43. The van der Waals surface area contributed by atoms with Gasteiger partial charge >= 0.3 is 11.9 Å². The summed E-state index contributed by atoms with van der Waals surface area (Å²) in [7, 11) is 2.85. The van der Waals surface area contributed by atoms with Crippen LogP contribution in [-0.4, -0.2) is 37.7 Å². The highest BCUT2D eigenvalue weighted by atomic mass is 32.2. The molecule has 0 N–H and O–H groups in total. The molecule has 0 bridgehead atoms. The summed E-state index contributed by atoms with van der Waals surface area (Å²) in [6.45, 7) is 0. The van der Waals surface area contributed by atoms with Crippen LogP contribution in [0.4, 0.5) is 0 Å². The lowest BCUT2D eigenvalue weighted by atomic mass is 10.2. The summed E-state index contributed by atoms with van der Waals surface area (Å²) in [5.41, 5.74) is 0. The highest BCUT2D eigenvalue weighted by Gasteiger charge is 2.00. The van der Waals surface area contributed by atoms with Gasteiger partial charge in [-0.2, -0.15) is 11.8 Å². The molecule has 0 fully saturated rings. The van der Waals surface area contributed by atoms with Crippen molar-refractivity contribution in [3.05, 3.63) is 0 Å². The minimum atomic E-state index is -0.122. The average Bonchev–Trinajstić information content (AvgIpc) is 2.40. The van der Waals surface area contributed by atoms with Gasteiger partial charge in [-0.1, -0.05) is 6.42 Å². The Labute approximate surface area is 114 Å². The molecular weight excluding hydrogens is 252 g/mol. The zero-order valence-corrected chi connectivity index (χ0v) is 12.2. The molecule has 0 spiro atoms. The molecule has 0 atom stereocenters. The molecule has 0 heterocycles. The highest BCUT2D eigenvalue weighted by molar-refractivity contribution is 7.99. The Morgan fingerprint density at radius 1 is 0.778 bits per heavy atom. The monoisotopic (exact) mass is 276 g/mol. The van der Waals surface area contributed by atoms with E-state index in [1.807, 2.05) is 11.8 Å². The quantitative estimate of drug-likeness (QED) is 0.429. The van der Waals surface area contributed by atoms with Crippen molar-refractivity contribution in [1.29, 1.82) is 0 Å². The van der Waals surface area contributed by atoms with Crippen molar-refractivity contribution in [3.8, 4) is 0 Å². The topological polar surface area (TPSA) is 52.6 Å². The number of rotatable bonds is 11. The van der Waals surface area contributed by atoms with E-state index in [9.17, 15) is 9.59 Å². The Bertz CT molecular complexity index is 207. The van der Waals surface area contributed by atoms with E-state index < -0.39 is 0 Å². The van der Waals surface area contributed by atoms with Crippen LogP contribution in [0.3, 0.4) is 0 Å². The third-order valence-electron chi connectivity index (χ3n) is 2.54. The lowest BCUT2D eigenvalue weighted by Gasteiger charge is -2.02. The average molecular weight is 276 g/mol. The second kappa shape index (κ2) is 12.7. The van der Waals surface area contributed by atoms with Gasteiger partial charge in [0.15, 0.2) is 0 Å². The molecular formula is C13H24O4S. The second-order valence-electron chi connectivity index (χ2n) is 4.03. The number of unbranched alkanes of at least 4 members (excludes halogenated alkanes) is 3. The predicted molar refractivity (Wildman–Crippen MR) is 73.7 cm³/mol. The van der Waals surface area contributed by atoms with E-state index in [0.29, 0.717) is 12.8 Å². The van der Waals surface area contributed by atoms with E-state index >= 15 is 0 Å². The standard InChI is InChI=1S/C13H24O4S/c1-16-12(14)8-4-3-6-10-18-11-7-5-9-13(15)17-2/h3-11H2,1-2H3. The predicted octanol–water partition coefficient (Wildman–Crippen LogP) is 2.80. The van der Waals surface area contributed by atoms with Crippen LogP contribution < -0.4 is 0 Å². The maximum Gasteiger partial charge on any atom is 0.305 e. The molecule has 0 aliphatic rings. The fourth-order valence-corrected chi connectivity index (χ4v) is 2.45. The van der Waals surface area contributed by atoms with Gasteiger partial charge in [0.25, 0.3) is 0 Å². The molecule has 5 heteroatoms. The Morgan fingerprint density at radius 3 is 1.72 bits per heavy atom. The van der Waals surface area contributed by atoms with Gasteiger partial charge in [-0.25, -0.2) is 0 Å². The summed E-state index contributed by atoms with van der Waals surface area (Å²) in [6.07, 6.45) is 6.14. The van der Waals surface area contributed by atoms with Gasteiger partial charge in [0.1, 0.15) is 0 Å². The first-order chi connectivity index (χ1) is 8.70. The van der Waals surface area contributed by atoms with Crippen LogP contribution in [0.25, 0.3) is 0 Å². The summed E-state index contributed by atoms with van der Waals surface area (Å²) >= 11 is 1.91. The molecule has 0 radical (unpaired) electrons. The van der Waals surface area contributed by atoms with Gasteiger partial charge in [-0.3, -0.25) is 9.59 Å². The summed E-state index contributed by atoms with van der Waals surface area (Å²) in [6, 6.07) is 0. The van der Waals surface area contributed by atoms with E-state index in [2.05, 4.69) is 9.47 Å². The number of methoxy groups -OCH3 is 2. The van der Waals surface area contributed by atoms with Crippen molar-refractivity contribution in [3.63, 3.8) is 0 Å². The number of thioether (sulfide) groups is 1. The van der Waals surface area contributed by atoms with Crippen LogP contribution in [0.1, 0.15) is 44.9 Å². The number of ether oxygens (including phenoxy) is 2. The van der Waals surface area contributed by atoms with E-state index in [-0.39, 0.29) is 11.9 Å². The van der Waals surface area contributed by atoms with Crippen molar-refractivity contribution < 1.29 is 19.1 Å². The molecule has 0 saturated heterocycles. The Morgan fingerprint density at radius 2 is 1.22 bits per heavy atom.